The van der Waals surface area contributed by atoms with E-state index in [-0.39, 0.29) is 0 Å². The van der Waals surface area contributed by atoms with E-state index >= 15 is 0 Å². The van der Waals surface area contributed by atoms with Gasteiger partial charge in [-0.1, -0.05) is 0 Å². The van der Waals surface area contributed by atoms with Gasteiger partial charge in [0.15, 0.2) is 0 Å². The second-order valence-electron chi connectivity index (χ2n) is 1.72. The number of hydrogen-bond acceptors (Lipinski definition) is 3. The predicted molar refractivity (Wildman–Crippen MR) is 41.0 cm³/mol. The maximum absolute atomic E-state index is 10.8. The number of aliphatic carboxylic acids is 2. The Labute approximate surface area is 80.6 Å². The predicted octanol–water partition coefficient (Wildman–Crippen LogP) is -1.03. The van der Waals surface area contributed by atoms with Crippen LogP contribution in [0.15, 0.2) is 0 Å². The third-order valence-corrected chi connectivity index (χ3v) is 0.756. The number of amides is 2. The first-order chi connectivity index (χ1) is 7.80. The Hall–Kier alpha value is -1.79. The number of carboxylic acids is 2. The van der Waals surface area contributed by atoms with E-state index in [1.807, 2.05) is 0 Å². The molecule has 7 nitrogen and oxygen atoms in total. The zero-order chi connectivity index (χ0) is 14.9. The Kier molecular flexibility index (Phi) is 1.93. The molecule has 0 rings (SSSR count). The summed E-state index contributed by atoms with van der Waals surface area (Å²) < 4.78 is 35.7. The van der Waals surface area contributed by atoms with Crippen LogP contribution < -0.4 is 11.1 Å². The summed E-state index contributed by atoms with van der Waals surface area (Å²) in [5.74, 6) is -4.62. The van der Waals surface area contributed by atoms with Crippen molar-refractivity contribution < 1.29 is 31.5 Å². The first-order valence-corrected chi connectivity index (χ1v) is 2.85. The number of carboxylic acid groups (broad SMARTS) is 2. The molecule has 0 aromatic carbocycles. The van der Waals surface area contributed by atoms with E-state index < -0.39 is 36.7 Å². The van der Waals surface area contributed by atoms with E-state index in [2.05, 4.69) is 5.73 Å². The normalized spacial score (nSPS) is 22.0. The molecule has 0 spiro atoms. The number of nitrogens with one attached hydrogen (secondary N) is 1. The minimum absolute atomic E-state index is 1.18. The molecule has 0 heterocycles. The Morgan fingerprint density at radius 3 is 2.38 bits per heavy atom. The van der Waals surface area contributed by atoms with Gasteiger partial charge in [-0.2, -0.15) is 0 Å². The molecule has 1 unspecified atom stereocenters. The SMILES string of the molecule is [2H]C([2H])(C(=O)O)C([2H])([2H])C([2H])(NC(N)=O)C(=O)O. The fraction of sp³-hybridized carbons (Fsp3) is 0.500. The van der Waals surface area contributed by atoms with Crippen LogP contribution in [0, 0.1) is 0 Å². The van der Waals surface area contributed by atoms with Gasteiger partial charge in [-0.3, -0.25) is 4.79 Å². The average molecular weight is 195 g/mol. The van der Waals surface area contributed by atoms with Gasteiger partial charge in [0.1, 0.15) is 6.02 Å². The van der Waals surface area contributed by atoms with Gasteiger partial charge in [-0.15, -0.1) is 0 Å². The number of carbonyl (C=O) groups is 3. The molecule has 1 atom stereocenters. The molecule has 0 saturated heterocycles. The molecular formula is C6H10N2O5. The molecule has 5 N–H and O–H groups in total. The first-order valence-electron chi connectivity index (χ1n) is 5.35. The van der Waals surface area contributed by atoms with Crippen molar-refractivity contribution >= 4 is 18.0 Å². The second-order valence-corrected chi connectivity index (χ2v) is 1.72. The second kappa shape index (κ2) is 4.96. The summed E-state index contributed by atoms with van der Waals surface area (Å²) in [7, 11) is 0. The maximum atomic E-state index is 10.8. The van der Waals surface area contributed by atoms with Gasteiger partial charge in [-0.05, 0) is 6.37 Å². The van der Waals surface area contributed by atoms with Crippen molar-refractivity contribution in [2.45, 2.75) is 18.8 Å². The standard InChI is InChI=1S/C6H10N2O5/c7-6(13)8-3(5(11)12)1-2-4(9)10/h3H,1-2H2,(H,9,10)(H,11,12)(H3,7,8,13)/i1D2,2D2,3D. The molecule has 0 aromatic rings. The summed E-state index contributed by atoms with van der Waals surface area (Å²) >= 11 is 0. The van der Waals surface area contributed by atoms with Crippen LogP contribution in [0.1, 0.15) is 19.6 Å². The lowest BCUT2D eigenvalue weighted by molar-refractivity contribution is -0.140. The van der Waals surface area contributed by atoms with Crippen LogP contribution in [0.25, 0.3) is 0 Å². The van der Waals surface area contributed by atoms with Crippen LogP contribution in [0.4, 0.5) is 4.79 Å². The lowest BCUT2D eigenvalue weighted by Gasteiger charge is -2.10. The molecule has 0 aromatic heterocycles. The molecule has 0 fully saturated rings. The summed E-state index contributed by atoms with van der Waals surface area (Å²) in [6, 6.07) is -5.21. The van der Waals surface area contributed by atoms with E-state index in [0.717, 1.165) is 0 Å². The van der Waals surface area contributed by atoms with Crippen molar-refractivity contribution in [3.05, 3.63) is 0 Å². The van der Waals surface area contributed by atoms with Crippen molar-refractivity contribution in [2.75, 3.05) is 0 Å². The van der Waals surface area contributed by atoms with Crippen LogP contribution in [-0.4, -0.2) is 34.2 Å². The number of urea groups is 1. The lowest BCUT2D eigenvalue weighted by Crippen LogP contribution is -2.43. The minimum Gasteiger partial charge on any atom is -0.481 e. The number of hydrogen-bond donors (Lipinski definition) is 4. The lowest BCUT2D eigenvalue weighted by atomic mass is 10.1. The summed E-state index contributed by atoms with van der Waals surface area (Å²) in [6.45, 7) is 0. The quantitative estimate of drug-likeness (QED) is 0.445. The van der Waals surface area contributed by atoms with Crippen LogP contribution in [-0.2, 0) is 9.59 Å². The highest BCUT2D eigenvalue weighted by Crippen LogP contribution is 1.97. The highest BCUT2D eigenvalue weighted by Gasteiger charge is 2.19. The first kappa shape index (κ1) is 5.05. The molecular weight excluding hydrogens is 180 g/mol. The molecule has 0 aliphatic rings. The zero-order valence-corrected chi connectivity index (χ0v) is 6.20. The largest absolute Gasteiger partial charge is 0.481 e. The molecule has 0 bridgehead atoms. The van der Waals surface area contributed by atoms with Gasteiger partial charge in [0.25, 0.3) is 0 Å². The Morgan fingerprint density at radius 1 is 1.54 bits per heavy atom. The highest BCUT2D eigenvalue weighted by molar-refractivity contribution is 5.82. The Morgan fingerprint density at radius 2 is 2.08 bits per heavy atom. The summed E-state index contributed by atoms with van der Waals surface area (Å²) in [6.07, 6.45) is -7.53. The van der Waals surface area contributed by atoms with Crippen LogP contribution in [0.3, 0.4) is 0 Å². The van der Waals surface area contributed by atoms with Gasteiger partial charge >= 0.3 is 18.0 Å². The van der Waals surface area contributed by atoms with Gasteiger partial charge in [0.05, 0.1) is 1.37 Å². The van der Waals surface area contributed by atoms with Crippen LogP contribution in [0.2, 0.25) is 0 Å². The summed E-state index contributed by atoms with van der Waals surface area (Å²) in [4.78, 5) is 32.0. The molecule has 0 saturated carbocycles. The van der Waals surface area contributed by atoms with Gasteiger partial charge in [0, 0.05) is 11.9 Å². The number of primary amides is 1. The van der Waals surface area contributed by atoms with Gasteiger partial charge in [0.2, 0.25) is 0 Å². The summed E-state index contributed by atoms with van der Waals surface area (Å²) in [5, 5.41) is 18.4. The molecule has 2 amide bonds. The fourth-order valence-corrected chi connectivity index (χ4v) is 0.377. The highest BCUT2D eigenvalue weighted by atomic mass is 16.4. The smallest absolute Gasteiger partial charge is 0.326 e. The van der Waals surface area contributed by atoms with Crippen molar-refractivity contribution in [1.82, 2.24) is 5.32 Å². The molecule has 13 heavy (non-hydrogen) atoms. The monoisotopic (exact) mass is 195 g/mol. The van der Waals surface area contributed by atoms with Gasteiger partial charge in [-0.25, -0.2) is 9.59 Å². The van der Waals surface area contributed by atoms with E-state index in [1.165, 1.54) is 5.32 Å². The number of carbonyl (C=O) groups excluding carboxylic acids is 1. The maximum Gasteiger partial charge on any atom is 0.326 e. The summed E-state index contributed by atoms with van der Waals surface area (Å²) in [5.41, 5.74) is 4.56. The van der Waals surface area contributed by atoms with Crippen molar-refractivity contribution in [1.29, 1.82) is 0 Å². The van der Waals surface area contributed by atoms with Crippen LogP contribution in [0.5, 0.6) is 0 Å². The van der Waals surface area contributed by atoms with Gasteiger partial charge < -0.3 is 21.3 Å². The molecule has 7 heteroatoms. The molecule has 0 radical (unpaired) electrons. The van der Waals surface area contributed by atoms with E-state index in [4.69, 9.17) is 17.1 Å². The third-order valence-electron chi connectivity index (χ3n) is 0.756. The number of rotatable bonds is 5. The Bertz CT molecular complexity index is 400. The fourth-order valence-electron chi connectivity index (χ4n) is 0.377. The Balaban J connectivity index is 5.84. The van der Waals surface area contributed by atoms with E-state index in [9.17, 15) is 14.4 Å². The van der Waals surface area contributed by atoms with Crippen molar-refractivity contribution in [2.24, 2.45) is 5.73 Å². The van der Waals surface area contributed by atoms with Crippen LogP contribution >= 0.6 is 0 Å². The van der Waals surface area contributed by atoms with Crippen molar-refractivity contribution in [3.8, 4) is 0 Å². The molecule has 0 aliphatic carbocycles. The third kappa shape index (κ3) is 5.48. The number of nitrogens with two attached hydrogens (primary N) is 1. The zero-order valence-electron chi connectivity index (χ0n) is 11.2. The molecule has 74 valence electrons. The topological polar surface area (TPSA) is 130 Å². The average Bonchev–Trinajstić information content (AvgIpc) is 2.15. The minimum atomic E-state index is -3.79. The van der Waals surface area contributed by atoms with E-state index in [1.54, 1.807) is 0 Å². The molecule has 0 aliphatic heterocycles. The van der Waals surface area contributed by atoms with E-state index in [0.29, 0.717) is 0 Å². The van der Waals surface area contributed by atoms with Crippen molar-refractivity contribution in [3.63, 3.8) is 0 Å².